The largest absolute Gasteiger partial charge is 0.466 e. The Balaban J connectivity index is 3.20. The van der Waals surface area contributed by atoms with E-state index in [4.69, 9.17) is 9.47 Å². The highest BCUT2D eigenvalue weighted by atomic mass is 16.5. The summed E-state index contributed by atoms with van der Waals surface area (Å²) in [7, 11) is 1.63. The van der Waals surface area contributed by atoms with Crippen LogP contribution < -0.4 is 0 Å². The third-order valence-corrected chi connectivity index (χ3v) is 1.39. The van der Waals surface area contributed by atoms with E-state index in [0.29, 0.717) is 6.61 Å². The Bertz CT molecular complexity index is 112. The number of hydrogen-bond donors (Lipinski definition) is 0. The lowest BCUT2D eigenvalue weighted by Crippen LogP contribution is -2.11. The van der Waals surface area contributed by atoms with Crippen molar-refractivity contribution in [2.45, 2.75) is 25.9 Å². The van der Waals surface area contributed by atoms with Crippen molar-refractivity contribution in [3.05, 3.63) is 6.92 Å². The third-order valence-electron chi connectivity index (χ3n) is 1.39. The minimum atomic E-state index is -0.256. The van der Waals surface area contributed by atoms with Crippen molar-refractivity contribution in [1.29, 1.82) is 0 Å². The van der Waals surface area contributed by atoms with Gasteiger partial charge in [0.1, 0.15) is 0 Å². The van der Waals surface area contributed by atoms with Gasteiger partial charge in [-0.25, -0.2) is 0 Å². The number of methoxy groups -OCH3 is 1. The normalized spacial score (nSPS) is 12.6. The van der Waals surface area contributed by atoms with E-state index in [0.717, 1.165) is 6.42 Å². The number of carbonyl (C=O) groups is 1. The second kappa shape index (κ2) is 6.16. The molecule has 0 spiro atoms. The summed E-state index contributed by atoms with van der Waals surface area (Å²) in [6.07, 6.45) is 1.08. The Morgan fingerprint density at radius 3 is 2.73 bits per heavy atom. The second-order valence-corrected chi connectivity index (χ2v) is 2.31. The molecule has 0 rings (SSSR count). The van der Waals surface area contributed by atoms with Crippen LogP contribution in [-0.2, 0) is 14.3 Å². The quantitative estimate of drug-likeness (QED) is 0.565. The molecule has 0 aliphatic heterocycles. The monoisotopic (exact) mass is 159 g/mol. The van der Waals surface area contributed by atoms with Gasteiger partial charge in [-0.05, 0) is 13.8 Å². The molecule has 0 saturated heterocycles. The predicted molar refractivity (Wildman–Crippen MR) is 42.0 cm³/mol. The molecule has 1 atom stereocenters. The number of rotatable bonds is 5. The second-order valence-electron chi connectivity index (χ2n) is 2.31. The molecule has 0 saturated carbocycles. The molecular formula is C8H15O3. The van der Waals surface area contributed by atoms with Gasteiger partial charge in [-0.15, -0.1) is 0 Å². The van der Waals surface area contributed by atoms with E-state index in [1.807, 2.05) is 6.92 Å². The lowest BCUT2D eigenvalue weighted by atomic mass is 10.3. The Morgan fingerprint density at radius 1 is 1.64 bits per heavy atom. The van der Waals surface area contributed by atoms with E-state index in [9.17, 15) is 4.79 Å². The van der Waals surface area contributed by atoms with E-state index in [2.05, 4.69) is 6.92 Å². The number of carbonyl (C=O) groups excluding carboxylic acids is 1. The van der Waals surface area contributed by atoms with Crippen LogP contribution in [0.2, 0.25) is 0 Å². The summed E-state index contributed by atoms with van der Waals surface area (Å²) in [4.78, 5) is 10.6. The summed E-state index contributed by atoms with van der Waals surface area (Å²) in [6.45, 7) is 5.75. The van der Waals surface area contributed by atoms with Gasteiger partial charge in [-0.2, -0.15) is 0 Å². The molecule has 0 heterocycles. The first-order chi connectivity index (χ1) is 5.20. The van der Waals surface area contributed by atoms with Crippen LogP contribution in [0.1, 0.15) is 19.8 Å². The highest BCUT2D eigenvalue weighted by Crippen LogP contribution is 1.96. The van der Waals surface area contributed by atoms with Crippen LogP contribution in [0.5, 0.6) is 0 Å². The number of hydrogen-bond acceptors (Lipinski definition) is 3. The molecule has 1 unspecified atom stereocenters. The van der Waals surface area contributed by atoms with Crippen molar-refractivity contribution in [2.75, 3.05) is 13.7 Å². The summed E-state index contributed by atoms with van der Waals surface area (Å²) in [5.41, 5.74) is 0. The van der Waals surface area contributed by atoms with Crippen LogP contribution in [0.15, 0.2) is 0 Å². The van der Waals surface area contributed by atoms with E-state index in [-0.39, 0.29) is 18.5 Å². The molecule has 3 nitrogen and oxygen atoms in total. The van der Waals surface area contributed by atoms with Gasteiger partial charge < -0.3 is 9.47 Å². The van der Waals surface area contributed by atoms with Crippen LogP contribution in [-0.4, -0.2) is 25.8 Å². The number of esters is 1. The topological polar surface area (TPSA) is 35.5 Å². The number of ether oxygens (including phenoxy) is 2. The van der Waals surface area contributed by atoms with Gasteiger partial charge in [0, 0.05) is 20.0 Å². The molecule has 3 heteroatoms. The SMILES string of the molecule is [CH2]CC(=O)OCCC(C)OC. The zero-order valence-corrected chi connectivity index (χ0v) is 7.13. The van der Waals surface area contributed by atoms with Crippen molar-refractivity contribution in [2.24, 2.45) is 0 Å². The summed E-state index contributed by atoms with van der Waals surface area (Å²) >= 11 is 0. The first kappa shape index (κ1) is 10.4. The van der Waals surface area contributed by atoms with Crippen LogP contribution >= 0.6 is 0 Å². The Morgan fingerprint density at radius 2 is 2.27 bits per heavy atom. The maximum atomic E-state index is 10.6. The van der Waals surface area contributed by atoms with Gasteiger partial charge in [0.15, 0.2) is 0 Å². The van der Waals surface area contributed by atoms with Crippen molar-refractivity contribution >= 4 is 5.97 Å². The smallest absolute Gasteiger partial charge is 0.305 e. The highest BCUT2D eigenvalue weighted by molar-refractivity contribution is 5.69. The van der Waals surface area contributed by atoms with E-state index < -0.39 is 0 Å². The molecule has 0 fully saturated rings. The van der Waals surface area contributed by atoms with Crippen molar-refractivity contribution in [1.82, 2.24) is 0 Å². The maximum absolute atomic E-state index is 10.6. The predicted octanol–water partition coefficient (Wildman–Crippen LogP) is 1.18. The lowest BCUT2D eigenvalue weighted by Gasteiger charge is -2.08. The van der Waals surface area contributed by atoms with Crippen LogP contribution in [0, 0.1) is 6.92 Å². The summed E-state index contributed by atoms with van der Waals surface area (Å²) in [5.74, 6) is -0.256. The molecule has 0 aliphatic carbocycles. The van der Waals surface area contributed by atoms with Gasteiger partial charge in [0.2, 0.25) is 0 Å². The fourth-order valence-electron chi connectivity index (χ4n) is 0.529. The van der Waals surface area contributed by atoms with Gasteiger partial charge in [-0.3, -0.25) is 4.79 Å². The maximum Gasteiger partial charge on any atom is 0.305 e. The molecule has 0 aromatic rings. The molecular weight excluding hydrogens is 144 g/mol. The Kier molecular flexibility index (Phi) is 5.84. The summed E-state index contributed by atoms with van der Waals surface area (Å²) in [5, 5.41) is 0. The highest BCUT2D eigenvalue weighted by Gasteiger charge is 2.01. The van der Waals surface area contributed by atoms with Gasteiger partial charge in [0.05, 0.1) is 12.7 Å². The van der Waals surface area contributed by atoms with Crippen molar-refractivity contribution in [3.8, 4) is 0 Å². The molecule has 0 aromatic heterocycles. The minimum absolute atomic E-state index is 0.146. The Labute approximate surface area is 67.7 Å². The van der Waals surface area contributed by atoms with Crippen LogP contribution in [0.4, 0.5) is 0 Å². The molecule has 0 amide bonds. The Hall–Kier alpha value is -0.570. The fraction of sp³-hybridized carbons (Fsp3) is 0.750. The lowest BCUT2D eigenvalue weighted by molar-refractivity contribution is -0.143. The average molecular weight is 159 g/mol. The van der Waals surface area contributed by atoms with Gasteiger partial charge in [0.25, 0.3) is 0 Å². The summed E-state index contributed by atoms with van der Waals surface area (Å²) in [6, 6.07) is 0. The molecule has 0 N–H and O–H groups in total. The van der Waals surface area contributed by atoms with Gasteiger partial charge in [-0.1, -0.05) is 0 Å². The van der Waals surface area contributed by atoms with E-state index in [1.165, 1.54) is 0 Å². The minimum Gasteiger partial charge on any atom is -0.466 e. The van der Waals surface area contributed by atoms with Crippen molar-refractivity contribution < 1.29 is 14.3 Å². The molecule has 11 heavy (non-hydrogen) atoms. The molecule has 65 valence electrons. The van der Waals surface area contributed by atoms with Gasteiger partial charge >= 0.3 is 5.97 Å². The standard InChI is InChI=1S/C8H15O3/c1-4-8(9)11-6-5-7(2)10-3/h7H,1,4-6H2,2-3H3. The third kappa shape index (κ3) is 5.85. The van der Waals surface area contributed by atoms with Crippen LogP contribution in [0.25, 0.3) is 0 Å². The first-order valence-electron chi connectivity index (χ1n) is 3.68. The molecule has 0 aliphatic rings. The van der Waals surface area contributed by atoms with E-state index in [1.54, 1.807) is 7.11 Å². The molecule has 0 bridgehead atoms. The average Bonchev–Trinajstić information content (AvgIpc) is 2.04. The van der Waals surface area contributed by atoms with E-state index >= 15 is 0 Å². The zero-order chi connectivity index (χ0) is 8.69. The van der Waals surface area contributed by atoms with Crippen molar-refractivity contribution in [3.63, 3.8) is 0 Å². The summed E-state index contributed by atoms with van der Waals surface area (Å²) < 4.78 is 9.74. The first-order valence-corrected chi connectivity index (χ1v) is 3.68. The zero-order valence-electron chi connectivity index (χ0n) is 7.13. The fourth-order valence-corrected chi connectivity index (χ4v) is 0.529. The molecule has 0 aromatic carbocycles. The van der Waals surface area contributed by atoms with Crippen LogP contribution in [0.3, 0.4) is 0 Å². The molecule has 1 radical (unpaired) electrons.